The number of ether oxygens (including phenoxy) is 3. The van der Waals surface area contributed by atoms with Crippen LogP contribution in [0.25, 0.3) is 0 Å². The van der Waals surface area contributed by atoms with Crippen molar-refractivity contribution in [1.29, 1.82) is 0 Å². The SMILES string of the molecule is COc1ccccc1OC1CC(C(=O)Nc2ccc(Oc3nccs3)c(C)c2)C1. The van der Waals surface area contributed by atoms with E-state index >= 15 is 0 Å². The highest BCUT2D eigenvalue weighted by Gasteiger charge is 2.36. The van der Waals surface area contributed by atoms with Gasteiger partial charge >= 0.3 is 0 Å². The van der Waals surface area contributed by atoms with Crippen LogP contribution in [0.3, 0.4) is 0 Å². The molecular weight excluding hydrogens is 388 g/mol. The Morgan fingerprint density at radius 1 is 1.14 bits per heavy atom. The summed E-state index contributed by atoms with van der Waals surface area (Å²) in [6.45, 7) is 1.94. The fourth-order valence-electron chi connectivity index (χ4n) is 3.21. The summed E-state index contributed by atoms with van der Waals surface area (Å²) in [7, 11) is 1.62. The van der Waals surface area contributed by atoms with Crippen molar-refractivity contribution < 1.29 is 19.0 Å². The standard InChI is InChI=1S/C22H22N2O4S/c1-14-11-16(7-8-18(14)28-22-23-9-10-29-22)24-21(25)15-12-17(13-15)27-20-6-4-3-5-19(20)26-2/h3-11,15,17H,12-13H2,1-2H3,(H,24,25). The van der Waals surface area contributed by atoms with Crippen LogP contribution >= 0.6 is 11.3 Å². The lowest BCUT2D eigenvalue weighted by Gasteiger charge is -2.34. The number of aryl methyl sites for hydroxylation is 1. The molecule has 7 heteroatoms. The van der Waals surface area contributed by atoms with Crippen LogP contribution in [0.4, 0.5) is 5.69 Å². The number of nitrogens with zero attached hydrogens (tertiary/aromatic N) is 1. The minimum Gasteiger partial charge on any atom is -0.493 e. The summed E-state index contributed by atoms with van der Waals surface area (Å²) in [5.74, 6) is 2.10. The zero-order valence-electron chi connectivity index (χ0n) is 16.3. The normalized spacial score (nSPS) is 17.9. The quantitative estimate of drug-likeness (QED) is 0.590. The van der Waals surface area contributed by atoms with Crippen molar-refractivity contribution in [1.82, 2.24) is 4.98 Å². The number of nitrogens with one attached hydrogen (secondary N) is 1. The van der Waals surface area contributed by atoms with Gasteiger partial charge < -0.3 is 19.5 Å². The largest absolute Gasteiger partial charge is 0.493 e. The van der Waals surface area contributed by atoms with Gasteiger partial charge in [0.1, 0.15) is 11.9 Å². The molecule has 1 aliphatic rings. The highest BCUT2D eigenvalue weighted by atomic mass is 32.1. The van der Waals surface area contributed by atoms with Gasteiger partial charge in [-0.25, -0.2) is 4.98 Å². The predicted octanol–water partition coefficient (Wildman–Crippen LogP) is 5.05. The van der Waals surface area contributed by atoms with E-state index in [1.807, 2.05) is 54.8 Å². The number of hydrogen-bond donors (Lipinski definition) is 1. The monoisotopic (exact) mass is 410 g/mol. The van der Waals surface area contributed by atoms with E-state index < -0.39 is 0 Å². The molecule has 1 N–H and O–H groups in total. The minimum atomic E-state index is -0.0544. The van der Waals surface area contributed by atoms with E-state index in [-0.39, 0.29) is 17.9 Å². The number of hydrogen-bond acceptors (Lipinski definition) is 6. The second-order valence-electron chi connectivity index (χ2n) is 6.93. The summed E-state index contributed by atoms with van der Waals surface area (Å²) in [6.07, 6.45) is 3.10. The molecule has 1 heterocycles. The van der Waals surface area contributed by atoms with Gasteiger partial charge in [0.2, 0.25) is 5.91 Å². The number of carbonyl (C=O) groups is 1. The topological polar surface area (TPSA) is 69.7 Å². The molecule has 1 aromatic heterocycles. The second kappa shape index (κ2) is 8.53. The number of benzene rings is 2. The molecule has 3 aromatic rings. The first-order valence-corrected chi connectivity index (χ1v) is 10.3. The lowest BCUT2D eigenvalue weighted by atomic mass is 9.81. The van der Waals surface area contributed by atoms with Crippen molar-refractivity contribution >= 4 is 22.9 Å². The van der Waals surface area contributed by atoms with E-state index in [1.165, 1.54) is 11.3 Å². The molecule has 150 valence electrons. The zero-order chi connectivity index (χ0) is 20.2. The van der Waals surface area contributed by atoms with E-state index in [2.05, 4.69) is 10.3 Å². The Morgan fingerprint density at radius 2 is 1.93 bits per heavy atom. The molecule has 0 atom stereocenters. The van der Waals surface area contributed by atoms with Gasteiger partial charge in [-0.1, -0.05) is 23.5 Å². The van der Waals surface area contributed by atoms with Crippen molar-refractivity contribution in [3.8, 4) is 22.4 Å². The fourth-order valence-corrected chi connectivity index (χ4v) is 3.71. The maximum atomic E-state index is 12.5. The molecule has 29 heavy (non-hydrogen) atoms. The van der Waals surface area contributed by atoms with Gasteiger partial charge in [-0.05, 0) is 55.7 Å². The first-order valence-electron chi connectivity index (χ1n) is 9.41. The molecule has 1 aliphatic carbocycles. The smallest absolute Gasteiger partial charge is 0.278 e. The highest BCUT2D eigenvalue weighted by molar-refractivity contribution is 7.11. The molecule has 0 unspecified atom stereocenters. The molecule has 0 aliphatic heterocycles. The lowest BCUT2D eigenvalue weighted by Crippen LogP contribution is -2.40. The van der Waals surface area contributed by atoms with Gasteiger partial charge in [0.15, 0.2) is 11.5 Å². The molecule has 1 amide bonds. The third kappa shape index (κ3) is 4.51. The molecule has 1 saturated carbocycles. The summed E-state index contributed by atoms with van der Waals surface area (Å²) in [5, 5.41) is 5.45. The molecular formula is C22H22N2O4S. The van der Waals surface area contributed by atoms with Crippen LogP contribution in [-0.4, -0.2) is 24.1 Å². The zero-order valence-corrected chi connectivity index (χ0v) is 17.1. The van der Waals surface area contributed by atoms with Crippen molar-refractivity contribution in [3.63, 3.8) is 0 Å². The van der Waals surface area contributed by atoms with Gasteiger partial charge in [0.05, 0.1) is 7.11 Å². The molecule has 4 rings (SSSR count). The number of aromatic nitrogens is 1. The Balaban J connectivity index is 1.30. The van der Waals surface area contributed by atoms with Crippen LogP contribution < -0.4 is 19.5 Å². The number of rotatable bonds is 7. The third-order valence-corrected chi connectivity index (χ3v) is 5.53. The van der Waals surface area contributed by atoms with Crippen LogP contribution in [0.15, 0.2) is 54.0 Å². The Bertz CT molecular complexity index is 984. The lowest BCUT2D eigenvalue weighted by molar-refractivity contribution is -0.125. The molecule has 2 aromatic carbocycles. The Morgan fingerprint density at radius 3 is 2.62 bits per heavy atom. The van der Waals surface area contributed by atoms with Crippen LogP contribution in [0.1, 0.15) is 18.4 Å². The van der Waals surface area contributed by atoms with Crippen LogP contribution in [0.2, 0.25) is 0 Å². The number of anilines is 1. The molecule has 0 saturated heterocycles. The first-order chi connectivity index (χ1) is 14.1. The molecule has 0 bridgehead atoms. The Kier molecular flexibility index (Phi) is 5.67. The summed E-state index contributed by atoms with van der Waals surface area (Å²) in [6, 6.07) is 13.1. The van der Waals surface area contributed by atoms with Gasteiger partial charge in [-0.15, -0.1) is 0 Å². The summed E-state index contributed by atoms with van der Waals surface area (Å²) < 4.78 is 17.0. The highest BCUT2D eigenvalue weighted by Crippen LogP contribution is 2.36. The summed E-state index contributed by atoms with van der Waals surface area (Å²) in [5.41, 5.74) is 1.69. The van der Waals surface area contributed by atoms with E-state index in [4.69, 9.17) is 14.2 Å². The second-order valence-corrected chi connectivity index (χ2v) is 7.79. The van der Waals surface area contributed by atoms with Crippen molar-refractivity contribution in [3.05, 3.63) is 59.6 Å². The maximum Gasteiger partial charge on any atom is 0.278 e. The van der Waals surface area contributed by atoms with Crippen LogP contribution in [0, 0.1) is 12.8 Å². The number of carbonyl (C=O) groups excluding carboxylic acids is 1. The van der Waals surface area contributed by atoms with Gasteiger partial charge in [0, 0.05) is 23.2 Å². The van der Waals surface area contributed by atoms with E-state index in [0.29, 0.717) is 29.5 Å². The molecule has 0 radical (unpaired) electrons. The molecule has 0 spiro atoms. The van der Waals surface area contributed by atoms with Gasteiger partial charge in [-0.3, -0.25) is 4.79 Å². The molecule has 1 fully saturated rings. The van der Waals surface area contributed by atoms with E-state index in [9.17, 15) is 4.79 Å². The number of methoxy groups -OCH3 is 1. The minimum absolute atomic E-state index is 0.0119. The Labute approximate surface area is 173 Å². The third-order valence-electron chi connectivity index (χ3n) is 4.88. The van der Waals surface area contributed by atoms with E-state index in [0.717, 1.165) is 17.0 Å². The predicted molar refractivity (Wildman–Crippen MR) is 112 cm³/mol. The number of para-hydroxylation sites is 2. The molecule has 6 nitrogen and oxygen atoms in total. The summed E-state index contributed by atoms with van der Waals surface area (Å²) >= 11 is 1.44. The first kappa shape index (κ1) is 19.3. The van der Waals surface area contributed by atoms with Gasteiger partial charge in [0.25, 0.3) is 5.19 Å². The average molecular weight is 410 g/mol. The van der Waals surface area contributed by atoms with Crippen molar-refractivity contribution in [2.45, 2.75) is 25.9 Å². The van der Waals surface area contributed by atoms with Crippen LogP contribution in [0.5, 0.6) is 22.4 Å². The Hall–Kier alpha value is -3.06. The average Bonchev–Trinajstić information content (AvgIpc) is 3.20. The fraction of sp³-hybridized carbons (Fsp3) is 0.273. The number of thiazole rings is 1. The van der Waals surface area contributed by atoms with Crippen molar-refractivity contribution in [2.24, 2.45) is 5.92 Å². The summed E-state index contributed by atoms with van der Waals surface area (Å²) in [4.78, 5) is 16.7. The maximum absolute atomic E-state index is 12.5. The van der Waals surface area contributed by atoms with Crippen LogP contribution in [-0.2, 0) is 4.79 Å². The van der Waals surface area contributed by atoms with E-state index in [1.54, 1.807) is 13.3 Å². The van der Waals surface area contributed by atoms with Gasteiger partial charge in [-0.2, -0.15) is 0 Å². The van der Waals surface area contributed by atoms with Crippen molar-refractivity contribution in [2.75, 3.05) is 12.4 Å². The number of amides is 1.